The molecule has 1 aromatic carbocycles. The normalized spacial score (nSPS) is 9.46. The van der Waals surface area contributed by atoms with E-state index in [1.54, 1.807) is 12.1 Å². The second kappa shape index (κ2) is 4.14. The molecule has 0 bridgehead atoms. The van der Waals surface area contributed by atoms with Gasteiger partial charge in [0.25, 0.3) is 0 Å². The number of aryl methyl sites for hydroxylation is 1. The van der Waals surface area contributed by atoms with Gasteiger partial charge >= 0.3 is 6.09 Å². The molecule has 1 amide bonds. The Kier molecular flexibility index (Phi) is 3.14. The van der Waals surface area contributed by atoms with E-state index in [1.165, 1.54) is 7.11 Å². The highest BCUT2D eigenvalue weighted by molar-refractivity contribution is 6.33. The second-order valence-corrected chi connectivity index (χ2v) is 3.01. The Balaban J connectivity index is 2.87. The van der Waals surface area contributed by atoms with E-state index < -0.39 is 6.09 Å². The topological polar surface area (TPSA) is 38.3 Å². The van der Waals surface area contributed by atoms with Crippen LogP contribution in [0.1, 0.15) is 5.56 Å². The number of ether oxygens (including phenoxy) is 1. The zero-order valence-corrected chi connectivity index (χ0v) is 8.18. The van der Waals surface area contributed by atoms with Crippen LogP contribution in [0.25, 0.3) is 0 Å². The molecule has 1 N–H and O–H groups in total. The third kappa shape index (κ3) is 2.63. The van der Waals surface area contributed by atoms with Crippen LogP contribution in [-0.4, -0.2) is 13.2 Å². The van der Waals surface area contributed by atoms with Crippen LogP contribution in [0.2, 0.25) is 5.02 Å². The highest BCUT2D eigenvalue weighted by atomic mass is 35.5. The molecule has 0 spiro atoms. The fourth-order valence-electron chi connectivity index (χ4n) is 0.896. The molecular formula is C9H10ClNO2. The van der Waals surface area contributed by atoms with Crippen molar-refractivity contribution in [3.63, 3.8) is 0 Å². The number of hydrogen-bond acceptors (Lipinski definition) is 2. The molecule has 3 nitrogen and oxygen atoms in total. The number of rotatable bonds is 1. The van der Waals surface area contributed by atoms with Crippen molar-refractivity contribution < 1.29 is 9.53 Å². The second-order valence-electron chi connectivity index (χ2n) is 2.60. The van der Waals surface area contributed by atoms with E-state index in [4.69, 9.17) is 11.6 Å². The van der Waals surface area contributed by atoms with Gasteiger partial charge in [0.15, 0.2) is 0 Å². The van der Waals surface area contributed by atoms with Crippen LogP contribution in [-0.2, 0) is 4.74 Å². The number of methoxy groups -OCH3 is 1. The fraction of sp³-hybridized carbons (Fsp3) is 0.222. The van der Waals surface area contributed by atoms with Crippen LogP contribution >= 0.6 is 11.6 Å². The van der Waals surface area contributed by atoms with Gasteiger partial charge in [-0.2, -0.15) is 0 Å². The van der Waals surface area contributed by atoms with Gasteiger partial charge in [-0.3, -0.25) is 5.32 Å². The summed E-state index contributed by atoms with van der Waals surface area (Å²) in [6.07, 6.45) is -0.521. The molecule has 0 atom stereocenters. The van der Waals surface area contributed by atoms with Crippen molar-refractivity contribution in [1.82, 2.24) is 0 Å². The van der Waals surface area contributed by atoms with Crippen molar-refractivity contribution >= 4 is 23.4 Å². The summed E-state index contributed by atoms with van der Waals surface area (Å²) in [5.74, 6) is 0. The standard InChI is InChI=1S/C9H10ClNO2/c1-6-3-4-7(10)8(5-6)11-9(12)13-2/h3-5H,1-2H3,(H,11,12). The Bertz CT molecular complexity index is 325. The Hall–Kier alpha value is -1.22. The van der Waals surface area contributed by atoms with Crippen molar-refractivity contribution in [2.45, 2.75) is 6.92 Å². The fourth-order valence-corrected chi connectivity index (χ4v) is 1.06. The molecule has 0 aromatic heterocycles. The molecule has 1 aromatic rings. The van der Waals surface area contributed by atoms with Gasteiger partial charge in [-0.1, -0.05) is 17.7 Å². The summed E-state index contributed by atoms with van der Waals surface area (Å²) in [5.41, 5.74) is 1.59. The third-order valence-electron chi connectivity index (χ3n) is 1.54. The minimum absolute atomic E-state index is 0.496. The molecule has 0 saturated carbocycles. The largest absolute Gasteiger partial charge is 0.453 e. The summed E-state index contributed by atoms with van der Waals surface area (Å²) in [6, 6.07) is 5.37. The predicted molar refractivity (Wildman–Crippen MR) is 52.2 cm³/mol. The number of halogens is 1. The van der Waals surface area contributed by atoms with E-state index in [1.807, 2.05) is 13.0 Å². The summed E-state index contributed by atoms with van der Waals surface area (Å²) in [7, 11) is 1.30. The number of benzene rings is 1. The molecule has 0 aliphatic carbocycles. The van der Waals surface area contributed by atoms with E-state index in [9.17, 15) is 4.79 Å². The van der Waals surface area contributed by atoms with Crippen LogP contribution in [0.15, 0.2) is 18.2 Å². The van der Waals surface area contributed by atoms with Crippen LogP contribution in [0.3, 0.4) is 0 Å². The maximum Gasteiger partial charge on any atom is 0.411 e. The first kappa shape index (κ1) is 9.86. The van der Waals surface area contributed by atoms with E-state index in [0.29, 0.717) is 10.7 Å². The molecule has 70 valence electrons. The smallest absolute Gasteiger partial charge is 0.411 e. The molecular weight excluding hydrogens is 190 g/mol. The summed E-state index contributed by atoms with van der Waals surface area (Å²) in [6.45, 7) is 1.92. The van der Waals surface area contributed by atoms with E-state index >= 15 is 0 Å². The van der Waals surface area contributed by atoms with Gasteiger partial charge in [-0.15, -0.1) is 0 Å². The number of amides is 1. The third-order valence-corrected chi connectivity index (χ3v) is 1.87. The first-order chi connectivity index (χ1) is 6.13. The van der Waals surface area contributed by atoms with Crippen LogP contribution in [0, 0.1) is 6.92 Å². The van der Waals surface area contributed by atoms with Crippen molar-refractivity contribution in [3.05, 3.63) is 28.8 Å². The van der Waals surface area contributed by atoms with E-state index in [2.05, 4.69) is 10.1 Å². The van der Waals surface area contributed by atoms with Crippen molar-refractivity contribution in [1.29, 1.82) is 0 Å². The number of hydrogen-bond donors (Lipinski definition) is 1. The van der Waals surface area contributed by atoms with Crippen molar-refractivity contribution in [2.24, 2.45) is 0 Å². The predicted octanol–water partition coefficient (Wildman–Crippen LogP) is 2.83. The zero-order chi connectivity index (χ0) is 9.84. The highest BCUT2D eigenvalue weighted by Gasteiger charge is 2.04. The molecule has 13 heavy (non-hydrogen) atoms. The van der Waals surface area contributed by atoms with Gasteiger partial charge in [0.05, 0.1) is 17.8 Å². The molecule has 0 heterocycles. The molecule has 0 saturated heterocycles. The molecule has 0 radical (unpaired) electrons. The number of carbonyl (C=O) groups is 1. The quantitative estimate of drug-likeness (QED) is 0.756. The summed E-state index contributed by atoms with van der Waals surface area (Å²) in [5, 5.41) is 3.00. The summed E-state index contributed by atoms with van der Waals surface area (Å²) in [4.78, 5) is 10.9. The van der Waals surface area contributed by atoms with E-state index in [0.717, 1.165) is 5.56 Å². The Morgan fingerprint density at radius 2 is 2.23 bits per heavy atom. The van der Waals surface area contributed by atoms with Crippen molar-refractivity contribution in [2.75, 3.05) is 12.4 Å². The lowest BCUT2D eigenvalue weighted by Crippen LogP contribution is -2.11. The first-order valence-electron chi connectivity index (χ1n) is 3.74. The molecule has 0 unspecified atom stereocenters. The first-order valence-corrected chi connectivity index (χ1v) is 4.12. The highest BCUT2D eigenvalue weighted by Crippen LogP contribution is 2.22. The van der Waals surface area contributed by atoms with Crippen molar-refractivity contribution in [3.8, 4) is 0 Å². The Morgan fingerprint density at radius 1 is 1.54 bits per heavy atom. The minimum atomic E-state index is -0.521. The van der Waals surface area contributed by atoms with Crippen LogP contribution in [0.5, 0.6) is 0 Å². The van der Waals surface area contributed by atoms with Gasteiger partial charge in [-0.05, 0) is 24.6 Å². The molecule has 0 aliphatic heterocycles. The Labute approximate surface area is 81.7 Å². The number of anilines is 1. The number of carbonyl (C=O) groups excluding carboxylic acids is 1. The summed E-state index contributed by atoms with van der Waals surface area (Å²) < 4.78 is 4.44. The minimum Gasteiger partial charge on any atom is -0.453 e. The lowest BCUT2D eigenvalue weighted by atomic mass is 10.2. The van der Waals surface area contributed by atoms with Crippen LogP contribution in [0.4, 0.5) is 10.5 Å². The lowest BCUT2D eigenvalue weighted by Gasteiger charge is -2.06. The SMILES string of the molecule is COC(=O)Nc1cc(C)ccc1Cl. The lowest BCUT2D eigenvalue weighted by molar-refractivity contribution is 0.187. The monoisotopic (exact) mass is 199 g/mol. The summed E-state index contributed by atoms with van der Waals surface area (Å²) >= 11 is 5.83. The van der Waals surface area contributed by atoms with Gasteiger partial charge < -0.3 is 4.74 Å². The number of nitrogens with one attached hydrogen (secondary N) is 1. The van der Waals surface area contributed by atoms with Gasteiger partial charge in [-0.25, -0.2) is 4.79 Å². The average molecular weight is 200 g/mol. The van der Waals surface area contributed by atoms with E-state index in [-0.39, 0.29) is 0 Å². The maximum absolute atomic E-state index is 10.9. The maximum atomic E-state index is 10.9. The molecule has 1 rings (SSSR count). The molecule has 4 heteroatoms. The van der Waals surface area contributed by atoms with Crippen LogP contribution < -0.4 is 5.32 Å². The van der Waals surface area contributed by atoms with Gasteiger partial charge in [0, 0.05) is 0 Å². The van der Waals surface area contributed by atoms with Gasteiger partial charge in [0.2, 0.25) is 0 Å². The average Bonchev–Trinajstić information content (AvgIpc) is 2.11. The zero-order valence-electron chi connectivity index (χ0n) is 7.43. The van der Waals surface area contributed by atoms with Gasteiger partial charge in [0.1, 0.15) is 0 Å². The molecule has 0 fully saturated rings. The molecule has 0 aliphatic rings. The Morgan fingerprint density at radius 3 is 2.85 bits per heavy atom.